The van der Waals surface area contributed by atoms with Gasteiger partial charge in [0.15, 0.2) is 5.82 Å². The van der Waals surface area contributed by atoms with Crippen molar-refractivity contribution in [3.63, 3.8) is 0 Å². The van der Waals surface area contributed by atoms with E-state index in [1.165, 1.54) is 0 Å². The molecule has 0 spiro atoms. The summed E-state index contributed by atoms with van der Waals surface area (Å²) >= 11 is 0. The number of aromatic nitrogens is 4. The summed E-state index contributed by atoms with van der Waals surface area (Å²) in [6, 6.07) is 10.7. The maximum atomic E-state index is 11.8. The van der Waals surface area contributed by atoms with Crippen molar-refractivity contribution in [2.24, 2.45) is 5.92 Å². The van der Waals surface area contributed by atoms with Gasteiger partial charge >= 0.3 is 0 Å². The van der Waals surface area contributed by atoms with Gasteiger partial charge in [0.25, 0.3) is 0 Å². The molecule has 0 aliphatic carbocycles. The molecule has 1 amide bonds. The normalized spacial score (nSPS) is 10.9. The van der Waals surface area contributed by atoms with Gasteiger partial charge in [-0.1, -0.05) is 13.8 Å². The zero-order chi connectivity index (χ0) is 20.3. The molecule has 2 heterocycles. The summed E-state index contributed by atoms with van der Waals surface area (Å²) in [7, 11) is 0. The number of anilines is 1. The highest BCUT2D eigenvalue weighted by molar-refractivity contribution is 5.90. The van der Waals surface area contributed by atoms with Gasteiger partial charge in [0.05, 0.1) is 5.69 Å². The summed E-state index contributed by atoms with van der Waals surface area (Å²) in [6.07, 6.45) is 0.495. The Morgan fingerprint density at radius 1 is 1.07 bits per heavy atom. The number of hydrogen-bond acceptors (Lipinski definition) is 5. The Kier molecular flexibility index (Phi) is 5.73. The minimum absolute atomic E-state index is 0.00418. The van der Waals surface area contributed by atoms with Gasteiger partial charge in [-0.05, 0) is 62.6 Å². The van der Waals surface area contributed by atoms with Crippen LogP contribution in [0.5, 0.6) is 11.6 Å². The zero-order valence-electron chi connectivity index (χ0n) is 16.9. The minimum Gasteiger partial charge on any atom is -0.438 e. The van der Waals surface area contributed by atoms with Crippen LogP contribution in [0.4, 0.5) is 5.69 Å². The maximum absolute atomic E-state index is 11.8. The molecule has 7 heteroatoms. The Morgan fingerprint density at radius 3 is 2.32 bits per heavy atom. The Labute approximate surface area is 164 Å². The second-order valence-electron chi connectivity index (χ2n) is 7.21. The number of amides is 1. The van der Waals surface area contributed by atoms with Gasteiger partial charge in [-0.3, -0.25) is 4.79 Å². The zero-order valence-corrected chi connectivity index (χ0v) is 16.9. The average Bonchev–Trinajstić information content (AvgIpc) is 2.91. The third-order valence-electron chi connectivity index (χ3n) is 4.45. The van der Waals surface area contributed by atoms with E-state index < -0.39 is 0 Å². The van der Waals surface area contributed by atoms with E-state index >= 15 is 0 Å². The van der Waals surface area contributed by atoms with E-state index in [4.69, 9.17) is 4.74 Å². The quantitative estimate of drug-likeness (QED) is 0.688. The molecule has 7 nitrogen and oxygen atoms in total. The monoisotopic (exact) mass is 379 g/mol. The summed E-state index contributed by atoms with van der Waals surface area (Å²) in [4.78, 5) is 11.8. The van der Waals surface area contributed by atoms with Crippen LogP contribution in [0.3, 0.4) is 0 Å². The number of rotatable bonds is 6. The van der Waals surface area contributed by atoms with Gasteiger partial charge in [0.1, 0.15) is 5.75 Å². The lowest BCUT2D eigenvalue weighted by molar-refractivity contribution is -0.116. The highest BCUT2D eigenvalue weighted by Crippen LogP contribution is 2.22. The molecule has 0 radical (unpaired) electrons. The highest BCUT2D eigenvalue weighted by Gasteiger charge is 2.11. The molecule has 0 unspecified atom stereocenters. The summed E-state index contributed by atoms with van der Waals surface area (Å²) in [5.41, 5.74) is 3.89. The van der Waals surface area contributed by atoms with Crippen LogP contribution in [0.1, 0.15) is 37.2 Å². The molecule has 0 bridgehead atoms. The predicted octanol–water partition coefficient (Wildman–Crippen LogP) is 4.36. The molecule has 2 aromatic heterocycles. The third-order valence-corrected chi connectivity index (χ3v) is 4.45. The molecule has 0 saturated heterocycles. The fourth-order valence-electron chi connectivity index (χ4n) is 2.73. The van der Waals surface area contributed by atoms with E-state index in [2.05, 4.69) is 20.6 Å². The van der Waals surface area contributed by atoms with E-state index in [1.807, 2.05) is 40.7 Å². The van der Waals surface area contributed by atoms with Crippen molar-refractivity contribution < 1.29 is 9.53 Å². The highest BCUT2D eigenvalue weighted by atomic mass is 16.5. The van der Waals surface area contributed by atoms with Crippen LogP contribution < -0.4 is 10.1 Å². The Balaban J connectivity index is 1.65. The molecule has 0 aliphatic heterocycles. The van der Waals surface area contributed by atoms with Gasteiger partial charge in [-0.15, -0.1) is 10.2 Å². The molecule has 0 atom stereocenters. The van der Waals surface area contributed by atoms with E-state index in [-0.39, 0.29) is 5.91 Å². The number of benzene rings is 1. The van der Waals surface area contributed by atoms with Gasteiger partial charge in [0, 0.05) is 23.9 Å². The molecule has 0 saturated carbocycles. The van der Waals surface area contributed by atoms with Gasteiger partial charge < -0.3 is 10.1 Å². The van der Waals surface area contributed by atoms with E-state index in [1.54, 1.807) is 35.0 Å². The minimum atomic E-state index is 0.00418. The van der Waals surface area contributed by atoms with Crippen LogP contribution in [-0.2, 0) is 4.79 Å². The molecule has 3 aromatic rings. The number of nitrogens with zero attached hydrogens (tertiary/aromatic N) is 4. The Hall–Kier alpha value is -3.22. The van der Waals surface area contributed by atoms with Gasteiger partial charge in [0.2, 0.25) is 11.8 Å². The van der Waals surface area contributed by atoms with E-state index in [9.17, 15) is 4.79 Å². The lowest BCUT2D eigenvalue weighted by atomic mass is 10.1. The summed E-state index contributed by atoms with van der Waals surface area (Å²) in [5.74, 6) is 1.97. The van der Waals surface area contributed by atoms with Crippen LogP contribution in [0, 0.1) is 26.7 Å². The van der Waals surface area contributed by atoms with Crippen LogP contribution in [0.25, 0.3) is 5.82 Å². The van der Waals surface area contributed by atoms with Crippen LogP contribution >= 0.6 is 0 Å². The van der Waals surface area contributed by atoms with Crippen molar-refractivity contribution in [1.82, 2.24) is 20.0 Å². The van der Waals surface area contributed by atoms with Crippen molar-refractivity contribution in [2.75, 3.05) is 5.32 Å². The Bertz CT molecular complexity index is 960. The first-order chi connectivity index (χ1) is 13.3. The second kappa shape index (κ2) is 8.21. The van der Waals surface area contributed by atoms with Crippen molar-refractivity contribution in [3.05, 3.63) is 53.3 Å². The molecule has 0 fully saturated rings. The molecule has 146 valence electrons. The van der Waals surface area contributed by atoms with Crippen LogP contribution in [0.2, 0.25) is 0 Å². The lowest BCUT2D eigenvalue weighted by Crippen LogP contribution is -2.13. The largest absolute Gasteiger partial charge is 0.438 e. The number of ether oxygens (including phenoxy) is 1. The number of nitrogens with one attached hydrogen (secondary N) is 1. The smallest absolute Gasteiger partial charge is 0.238 e. The summed E-state index contributed by atoms with van der Waals surface area (Å²) in [6.45, 7) is 10.0. The van der Waals surface area contributed by atoms with Crippen molar-refractivity contribution in [1.29, 1.82) is 0 Å². The number of carbonyl (C=O) groups is 1. The van der Waals surface area contributed by atoms with Crippen LogP contribution in [-0.4, -0.2) is 25.9 Å². The van der Waals surface area contributed by atoms with Crippen molar-refractivity contribution in [2.45, 2.75) is 41.0 Å². The van der Waals surface area contributed by atoms with Crippen molar-refractivity contribution >= 4 is 11.6 Å². The average molecular weight is 379 g/mol. The second-order valence-corrected chi connectivity index (χ2v) is 7.21. The van der Waals surface area contributed by atoms with E-state index in [0.29, 0.717) is 29.8 Å². The number of hydrogen-bond donors (Lipinski definition) is 1. The van der Waals surface area contributed by atoms with Crippen LogP contribution in [0.15, 0.2) is 36.4 Å². The number of aryl methyl sites for hydroxylation is 1. The van der Waals surface area contributed by atoms with E-state index in [0.717, 1.165) is 22.6 Å². The topological polar surface area (TPSA) is 81.9 Å². The molecule has 1 aromatic carbocycles. The van der Waals surface area contributed by atoms with Crippen molar-refractivity contribution in [3.8, 4) is 17.4 Å². The third kappa shape index (κ3) is 4.54. The molecule has 0 aliphatic rings. The standard InChI is InChI=1S/C21H25N5O2/c1-13(2)12-20(27)22-17-6-8-18(9-7-17)28-21-11-10-19(23-24-21)26-16(5)14(3)15(4)25-26/h6-11,13H,12H2,1-5H3,(H,22,27). The molecule has 28 heavy (non-hydrogen) atoms. The van der Waals surface area contributed by atoms with Gasteiger partial charge in [-0.2, -0.15) is 5.10 Å². The maximum Gasteiger partial charge on any atom is 0.238 e. The molecular weight excluding hydrogens is 354 g/mol. The first kappa shape index (κ1) is 19.5. The summed E-state index contributed by atoms with van der Waals surface area (Å²) in [5, 5.41) is 15.7. The lowest BCUT2D eigenvalue weighted by Gasteiger charge is -2.09. The fraction of sp³-hybridized carbons (Fsp3) is 0.333. The fourth-order valence-corrected chi connectivity index (χ4v) is 2.73. The predicted molar refractivity (Wildman–Crippen MR) is 108 cm³/mol. The first-order valence-corrected chi connectivity index (χ1v) is 9.28. The Morgan fingerprint density at radius 2 is 1.79 bits per heavy atom. The van der Waals surface area contributed by atoms with Gasteiger partial charge in [-0.25, -0.2) is 4.68 Å². The molecule has 3 rings (SSSR count). The summed E-state index contributed by atoms with van der Waals surface area (Å²) < 4.78 is 7.51. The number of carbonyl (C=O) groups excluding carboxylic acids is 1. The first-order valence-electron chi connectivity index (χ1n) is 9.28. The molecular formula is C21H25N5O2. The molecule has 1 N–H and O–H groups in total. The SMILES string of the molecule is Cc1nn(-c2ccc(Oc3ccc(NC(=O)CC(C)C)cc3)nn2)c(C)c1C.